The minimum absolute atomic E-state index is 0.232. The van der Waals surface area contributed by atoms with Gasteiger partial charge in [0.2, 0.25) is 5.95 Å². The molecule has 204 valence electrons. The summed E-state index contributed by atoms with van der Waals surface area (Å²) >= 11 is 13.6. The maximum atomic E-state index is 13.6. The van der Waals surface area contributed by atoms with E-state index in [9.17, 15) is 8.78 Å². The fourth-order valence-electron chi connectivity index (χ4n) is 4.88. The number of fused-ring (bicyclic) bond motifs is 1. The molecule has 2 fully saturated rings. The first-order valence-corrected chi connectivity index (χ1v) is 13.9. The summed E-state index contributed by atoms with van der Waals surface area (Å²) in [6.07, 6.45) is 6.20. The summed E-state index contributed by atoms with van der Waals surface area (Å²) in [5.41, 5.74) is 2.44. The predicted molar refractivity (Wildman–Crippen MR) is 148 cm³/mol. The van der Waals surface area contributed by atoms with Crippen LogP contribution in [0.4, 0.5) is 14.7 Å². The number of imidazole rings is 1. The van der Waals surface area contributed by atoms with Gasteiger partial charge in [0.25, 0.3) is 0 Å². The van der Waals surface area contributed by atoms with Crippen molar-refractivity contribution in [3.8, 4) is 17.1 Å². The van der Waals surface area contributed by atoms with Gasteiger partial charge in [-0.1, -0.05) is 29.3 Å². The topological polar surface area (TPSA) is 76.9 Å². The SMILES string of the molecule is Fc1ccc(CNc2ncc3nc(-c4c(Cl)cc(OCC5CC5)cc4Cl)n(C[C@@H]4CCCNC4)c3n2)cc1F. The van der Waals surface area contributed by atoms with Crippen LogP contribution in [-0.2, 0) is 13.1 Å². The maximum absolute atomic E-state index is 13.6. The standard InChI is InChI=1S/C28H28Cl2F2N6O/c29-20-9-19(39-15-16-3-4-16)10-21(30)25(20)27-36-24-13-35-28(34-12-17-5-6-22(31)23(32)8-17)37-26(24)38(27)14-18-2-1-7-33-11-18/h5-6,8-10,13,16,18,33H,1-4,7,11-12,14-15H2,(H,34,35,37)/t18-/m1/s1. The zero-order valence-corrected chi connectivity index (χ0v) is 22.7. The van der Waals surface area contributed by atoms with Crippen LogP contribution in [0.1, 0.15) is 31.2 Å². The molecule has 2 aromatic heterocycles. The highest BCUT2D eigenvalue weighted by atomic mass is 35.5. The summed E-state index contributed by atoms with van der Waals surface area (Å²) in [4.78, 5) is 14.0. The molecule has 0 bridgehead atoms. The van der Waals surface area contributed by atoms with Crippen molar-refractivity contribution in [1.82, 2.24) is 24.8 Å². The van der Waals surface area contributed by atoms with Crippen molar-refractivity contribution in [2.45, 2.75) is 38.8 Å². The van der Waals surface area contributed by atoms with E-state index in [0.29, 0.717) is 74.8 Å². The van der Waals surface area contributed by atoms with E-state index in [2.05, 4.69) is 20.2 Å². The molecule has 1 aliphatic heterocycles. The number of aromatic nitrogens is 4. The molecular weight excluding hydrogens is 545 g/mol. The Bertz CT molecular complexity index is 1480. The van der Waals surface area contributed by atoms with Gasteiger partial charge < -0.3 is 19.9 Å². The molecule has 39 heavy (non-hydrogen) atoms. The van der Waals surface area contributed by atoms with Crippen molar-refractivity contribution in [3.05, 3.63) is 63.8 Å². The second kappa shape index (κ2) is 11.2. The van der Waals surface area contributed by atoms with Crippen LogP contribution in [0.15, 0.2) is 36.5 Å². The number of halogens is 4. The summed E-state index contributed by atoms with van der Waals surface area (Å²) in [7, 11) is 0. The molecule has 6 rings (SSSR count). The van der Waals surface area contributed by atoms with Gasteiger partial charge in [0, 0.05) is 13.1 Å². The third-order valence-corrected chi connectivity index (χ3v) is 7.78. The van der Waals surface area contributed by atoms with Gasteiger partial charge in [-0.15, -0.1) is 0 Å². The highest BCUT2D eigenvalue weighted by molar-refractivity contribution is 6.39. The number of benzene rings is 2. The van der Waals surface area contributed by atoms with Crippen molar-refractivity contribution in [2.75, 3.05) is 25.0 Å². The largest absolute Gasteiger partial charge is 0.493 e. The number of hydrogen-bond acceptors (Lipinski definition) is 6. The van der Waals surface area contributed by atoms with Crippen LogP contribution in [0.3, 0.4) is 0 Å². The van der Waals surface area contributed by atoms with Crippen molar-refractivity contribution < 1.29 is 13.5 Å². The molecule has 3 heterocycles. The van der Waals surface area contributed by atoms with E-state index in [0.717, 1.165) is 38.1 Å². The Morgan fingerprint density at radius 2 is 1.85 bits per heavy atom. The van der Waals surface area contributed by atoms with Gasteiger partial charge in [-0.05, 0) is 80.4 Å². The fourth-order valence-corrected chi connectivity index (χ4v) is 5.52. The molecule has 0 amide bonds. The van der Waals surface area contributed by atoms with Crippen molar-refractivity contribution in [1.29, 1.82) is 0 Å². The molecule has 2 N–H and O–H groups in total. The number of rotatable bonds is 9. The van der Waals surface area contributed by atoms with Gasteiger partial charge in [-0.2, -0.15) is 4.98 Å². The first-order valence-electron chi connectivity index (χ1n) is 13.2. The first-order chi connectivity index (χ1) is 18.9. The van der Waals surface area contributed by atoms with Gasteiger partial charge in [-0.25, -0.2) is 18.7 Å². The van der Waals surface area contributed by atoms with Crippen LogP contribution in [0.25, 0.3) is 22.6 Å². The number of hydrogen-bond donors (Lipinski definition) is 2. The molecule has 0 spiro atoms. The summed E-state index contributed by atoms with van der Waals surface area (Å²) in [5, 5.41) is 7.48. The minimum Gasteiger partial charge on any atom is -0.493 e. The summed E-state index contributed by atoms with van der Waals surface area (Å²) in [6.45, 7) is 3.46. The first kappa shape index (κ1) is 26.2. The van der Waals surface area contributed by atoms with E-state index >= 15 is 0 Å². The molecule has 0 unspecified atom stereocenters. The maximum Gasteiger partial charge on any atom is 0.225 e. The lowest BCUT2D eigenvalue weighted by molar-refractivity contribution is 0.300. The number of nitrogens with one attached hydrogen (secondary N) is 2. The zero-order chi connectivity index (χ0) is 26.9. The number of piperidine rings is 1. The molecular formula is C28H28Cl2F2N6O. The number of nitrogens with zero attached hydrogens (tertiary/aromatic N) is 4. The van der Waals surface area contributed by atoms with Gasteiger partial charge >= 0.3 is 0 Å². The number of ether oxygens (including phenoxy) is 1. The van der Waals surface area contributed by atoms with Crippen molar-refractivity contribution >= 4 is 40.3 Å². The second-order valence-electron chi connectivity index (χ2n) is 10.3. The van der Waals surface area contributed by atoms with E-state index in [-0.39, 0.29) is 6.54 Å². The quantitative estimate of drug-likeness (QED) is 0.239. The molecule has 11 heteroatoms. The van der Waals surface area contributed by atoms with Gasteiger partial charge in [0.15, 0.2) is 17.3 Å². The monoisotopic (exact) mass is 572 g/mol. The predicted octanol–water partition coefficient (Wildman–Crippen LogP) is 6.48. The molecule has 2 aliphatic rings. The third kappa shape index (κ3) is 5.95. The van der Waals surface area contributed by atoms with Crippen LogP contribution in [-0.4, -0.2) is 39.2 Å². The van der Waals surface area contributed by atoms with Crippen LogP contribution in [0.2, 0.25) is 10.0 Å². The molecule has 1 saturated carbocycles. The molecule has 1 aliphatic carbocycles. The van der Waals surface area contributed by atoms with E-state index in [1.807, 2.05) is 0 Å². The van der Waals surface area contributed by atoms with E-state index in [4.69, 9.17) is 37.9 Å². The lowest BCUT2D eigenvalue weighted by atomic mass is 9.99. The van der Waals surface area contributed by atoms with Crippen LogP contribution < -0.4 is 15.4 Å². The average molecular weight is 573 g/mol. The lowest BCUT2D eigenvalue weighted by Gasteiger charge is -2.24. The van der Waals surface area contributed by atoms with Crippen molar-refractivity contribution in [3.63, 3.8) is 0 Å². The highest BCUT2D eigenvalue weighted by Crippen LogP contribution is 2.40. The Kier molecular flexibility index (Phi) is 7.55. The number of anilines is 1. The smallest absolute Gasteiger partial charge is 0.225 e. The van der Waals surface area contributed by atoms with Gasteiger partial charge in [0.05, 0.1) is 28.4 Å². The molecule has 4 aromatic rings. The second-order valence-corrected chi connectivity index (χ2v) is 11.1. The Labute approximate surface area is 234 Å². The average Bonchev–Trinajstić information content (AvgIpc) is 3.70. The summed E-state index contributed by atoms with van der Waals surface area (Å²) in [6, 6.07) is 7.35. The van der Waals surface area contributed by atoms with E-state index < -0.39 is 11.6 Å². The van der Waals surface area contributed by atoms with Crippen LogP contribution >= 0.6 is 23.2 Å². The Morgan fingerprint density at radius 3 is 2.56 bits per heavy atom. The Hall–Kier alpha value is -3.01. The van der Waals surface area contributed by atoms with Crippen LogP contribution in [0, 0.1) is 23.5 Å². The Morgan fingerprint density at radius 1 is 1.03 bits per heavy atom. The van der Waals surface area contributed by atoms with E-state index in [1.165, 1.54) is 18.9 Å². The molecule has 1 atom stereocenters. The zero-order valence-electron chi connectivity index (χ0n) is 21.2. The lowest BCUT2D eigenvalue weighted by Crippen LogP contribution is -2.32. The fraction of sp³-hybridized carbons (Fsp3) is 0.393. The van der Waals surface area contributed by atoms with Gasteiger partial charge in [-0.3, -0.25) is 0 Å². The normalized spacial score (nSPS) is 17.5. The molecule has 2 aromatic carbocycles. The molecule has 1 saturated heterocycles. The summed E-state index contributed by atoms with van der Waals surface area (Å²) in [5.74, 6) is 0.815. The van der Waals surface area contributed by atoms with E-state index in [1.54, 1.807) is 18.3 Å². The minimum atomic E-state index is -0.896. The van der Waals surface area contributed by atoms with Crippen LogP contribution in [0.5, 0.6) is 5.75 Å². The van der Waals surface area contributed by atoms with Gasteiger partial charge in [0.1, 0.15) is 17.1 Å². The Balaban J connectivity index is 1.34. The molecule has 7 nitrogen and oxygen atoms in total. The third-order valence-electron chi connectivity index (χ3n) is 7.18. The highest BCUT2D eigenvalue weighted by Gasteiger charge is 2.25. The van der Waals surface area contributed by atoms with Crippen molar-refractivity contribution in [2.24, 2.45) is 11.8 Å². The summed E-state index contributed by atoms with van der Waals surface area (Å²) < 4.78 is 34.9. The molecule has 0 radical (unpaired) electrons.